The van der Waals surface area contributed by atoms with Gasteiger partial charge in [0.05, 0.1) is 0 Å². The number of hydrogen-bond acceptors (Lipinski definition) is 6. The van der Waals surface area contributed by atoms with E-state index in [-0.39, 0.29) is 17.5 Å². The Labute approximate surface area is 160 Å². The molecule has 1 saturated carbocycles. The van der Waals surface area contributed by atoms with Crippen molar-refractivity contribution < 1.29 is 4.79 Å². The number of carbonyl (C=O) groups is 1. The van der Waals surface area contributed by atoms with E-state index in [1.165, 1.54) is 6.33 Å². The molecule has 1 aliphatic rings. The van der Waals surface area contributed by atoms with E-state index in [1.54, 1.807) is 11.4 Å². The fourth-order valence-electron chi connectivity index (χ4n) is 4.03. The van der Waals surface area contributed by atoms with Crippen LogP contribution < -0.4 is 10.6 Å². The standard InChI is InChI=1S/C19H20N8O/c1-11(28)26-19(2)5-13(6-19)24-18-21-8-15-14(7-20-17(15)25-18)12-3-4-16-22-10-23-27(16)9-12/h3-4,7-10,13H,5-6H2,1-2H3,(H,26,28)(H2,20,21,24,25). The summed E-state index contributed by atoms with van der Waals surface area (Å²) in [5.74, 6) is 0.587. The van der Waals surface area contributed by atoms with Crippen molar-refractivity contribution in [1.82, 2.24) is 34.9 Å². The Morgan fingerprint density at radius 1 is 1.32 bits per heavy atom. The first-order valence-electron chi connectivity index (χ1n) is 9.18. The van der Waals surface area contributed by atoms with Crippen molar-refractivity contribution in [3.8, 4) is 11.1 Å². The zero-order valence-electron chi connectivity index (χ0n) is 15.6. The van der Waals surface area contributed by atoms with E-state index in [2.05, 4.69) is 42.6 Å². The lowest BCUT2D eigenvalue weighted by Gasteiger charge is -2.45. The van der Waals surface area contributed by atoms with Crippen LogP contribution in [0, 0.1) is 0 Å². The number of aromatic amines is 1. The molecule has 5 rings (SSSR count). The molecule has 0 radical (unpaired) electrons. The van der Waals surface area contributed by atoms with Crippen LogP contribution in [0.15, 0.2) is 37.1 Å². The smallest absolute Gasteiger partial charge is 0.224 e. The summed E-state index contributed by atoms with van der Waals surface area (Å²) in [5, 5.41) is 11.5. The Morgan fingerprint density at radius 3 is 3.00 bits per heavy atom. The molecule has 0 aliphatic heterocycles. The number of rotatable bonds is 4. The summed E-state index contributed by atoms with van der Waals surface area (Å²) in [6, 6.07) is 4.19. The zero-order chi connectivity index (χ0) is 19.3. The molecule has 0 aromatic carbocycles. The Morgan fingerprint density at radius 2 is 2.18 bits per heavy atom. The van der Waals surface area contributed by atoms with Gasteiger partial charge in [0.1, 0.15) is 12.0 Å². The Kier molecular flexibility index (Phi) is 3.58. The van der Waals surface area contributed by atoms with E-state index < -0.39 is 0 Å². The number of aromatic nitrogens is 6. The lowest BCUT2D eigenvalue weighted by atomic mass is 9.74. The van der Waals surface area contributed by atoms with Crippen molar-refractivity contribution >= 4 is 28.5 Å². The average molecular weight is 376 g/mol. The fourth-order valence-corrected chi connectivity index (χ4v) is 4.03. The first kappa shape index (κ1) is 16.7. The lowest BCUT2D eigenvalue weighted by Crippen LogP contribution is -2.59. The first-order valence-corrected chi connectivity index (χ1v) is 9.18. The summed E-state index contributed by atoms with van der Waals surface area (Å²) in [7, 11) is 0. The number of pyridine rings is 1. The highest BCUT2D eigenvalue weighted by Crippen LogP contribution is 2.34. The topological polar surface area (TPSA) is 113 Å². The Bertz CT molecular complexity index is 1190. The molecule has 0 saturated heterocycles. The van der Waals surface area contributed by atoms with Gasteiger partial charge in [-0.2, -0.15) is 10.1 Å². The van der Waals surface area contributed by atoms with Gasteiger partial charge in [0.15, 0.2) is 5.65 Å². The SMILES string of the molecule is CC(=O)NC1(C)CC(Nc2ncc3c(-c4ccc5ncnn5c4)c[nH]c3n2)C1. The molecule has 1 aliphatic carbocycles. The van der Waals surface area contributed by atoms with Crippen molar-refractivity contribution in [1.29, 1.82) is 0 Å². The molecule has 4 aromatic rings. The number of fused-ring (bicyclic) bond motifs is 2. The van der Waals surface area contributed by atoms with E-state index >= 15 is 0 Å². The molecule has 0 bridgehead atoms. The molecule has 4 aromatic heterocycles. The van der Waals surface area contributed by atoms with Gasteiger partial charge in [0, 0.05) is 53.6 Å². The first-order chi connectivity index (χ1) is 13.5. The highest BCUT2D eigenvalue weighted by Gasteiger charge is 2.41. The summed E-state index contributed by atoms with van der Waals surface area (Å²) in [6.07, 6.45) is 8.93. The number of amides is 1. The maximum absolute atomic E-state index is 11.3. The van der Waals surface area contributed by atoms with Gasteiger partial charge in [0.2, 0.25) is 11.9 Å². The average Bonchev–Trinajstić information content (AvgIpc) is 3.25. The molecule has 28 heavy (non-hydrogen) atoms. The van der Waals surface area contributed by atoms with Gasteiger partial charge in [-0.1, -0.05) is 0 Å². The second kappa shape index (κ2) is 6.01. The second-order valence-electron chi connectivity index (χ2n) is 7.63. The van der Waals surface area contributed by atoms with E-state index in [4.69, 9.17) is 0 Å². The van der Waals surface area contributed by atoms with E-state index in [9.17, 15) is 4.79 Å². The normalized spacial score (nSPS) is 21.6. The quantitative estimate of drug-likeness (QED) is 0.503. The number of nitrogens with one attached hydrogen (secondary N) is 3. The van der Waals surface area contributed by atoms with Crippen molar-refractivity contribution in [2.24, 2.45) is 0 Å². The van der Waals surface area contributed by atoms with Crippen molar-refractivity contribution in [2.45, 2.75) is 38.3 Å². The van der Waals surface area contributed by atoms with Crippen LogP contribution >= 0.6 is 0 Å². The van der Waals surface area contributed by atoms with Crippen molar-refractivity contribution in [3.05, 3.63) is 37.1 Å². The molecule has 3 N–H and O–H groups in total. The molecule has 0 spiro atoms. The summed E-state index contributed by atoms with van der Waals surface area (Å²) >= 11 is 0. The largest absolute Gasteiger partial charge is 0.351 e. The van der Waals surface area contributed by atoms with Gasteiger partial charge >= 0.3 is 0 Å². The number of H-pyrrole nitrogens is 1. The van der Waals surface area contributed by atoms with Crippen LogP contribution in [-0.4, -0.2) is 47.0 Å². The molecular weight excluding hydrogens is 356 g/mol. The van der Waals surface area contributed by atoms with Crippen LogP contribution in [0.25, 0.3) is 27.8 Å². The zero-order valence-corrected chi connectivity index (χ0v) is 15.6. The highest BCUT2D eigenvalue weighted by molar-refractivity contribution is 5.93. The van der Waals surface area contributed by atoms with Gasteiger partial charge in [-0.15, -0.1) is 0 Å². The summed E-state index contributed by atoms with van der Waals surface area (Å²) in [4.78, 5) is 27.8. The molecule has 142 valence electrons. The van der Waals surface area contributed by atoms with Crippen molar-refractivity contribution in [2.75, 3.05) is 5.32 Å². The molecule has 0 unspecified atom stereocenters. The molecule has 1 amide bonds. The lowest BCUT2D eigenvalue weighted by molar-refractivity contribution is -0.121. The van der Waals surface area contributed by atoms with Gasteiger partial charge in [-0.05, 0) is 31.9 Å². The van der Waals surface area contributed by atoms with E-state index in [0.717, 1.165) is 40.6 Å². The predicted molar refractivity (Wildman–Crippen MR) is 105 cm³/mol. The van der Waals surface area contributed by atoms with Crippen LogP contribution in [0.2, 0.25) is 0 Å². The number of nitrogens with zero attached hydrogens (tertiary/aromatic N) is 5. The van der Waals surface area contributed by atoms with Crippen LogP contribution in [-0.2, 0) is 4.79 Å². The van der Waals surface area contributed by atoms with Gasteiger partial charge in [-0.3, -0.25) is 4.79 Å². The molecule has 4 heterocycles. The fraction of sp³-hybridized carbons (Fsp3) is 0.316. The van der Waals surface area contributed by atoms with Crippen LogP contribution in [0.1, 0.15) is 26.7 Å². The summed E-state index contributed by atoms with van der Waals surface area (Å²) in [6.45, 7) is 3.60. The van der Waals surface area contributed by atoms with Crippen LogP contribution in [0.3, 0.4) is 0 Å². The number of hydrogen-bond donors (Lipinski definition) is 3. The highest BCUT2D eigenvalue weighted by atomic mass is 16.1. The second-order valence-corrected chi connectivity index (χ2v) is 7.63. The number of anilines is 1. The third kappa shape index (κ3) is 2.84. The van der Waals surface area contributed by atoms with Gasteiger partial charge < -0.3 is 15.6 Å². The van der Waals surface area contributed by atoms with E-state index in [1.807, 2.05) is 30.7 Å². The maximum Gasteiger partial charge on any atom is 0.224 e. The van der Waals surface area contributed by atoms with Gasteiger partial charge in [0.25, 0.3) is 0 Å². The Balaban J connectivity index is 1.36. The molecule has 0 atom stereocenters. The van der Waals surface area contributed by atoms with E-state index in [0.29, 0.717) is 5.95 Å². The minimum atomic E-state index is -0.146. The monoisotopic (exact) mass is 376 g/mol. The summed E-state index contributed by atoms with van der Waals surface area (Å²) in [5.41, 5.74) is 3.46. The van der Waals surface area contributed by atoms with Crippen LogP contribution in [0.4, 0.5) is 5.95 Å². The maximum atomic E-state index is 11.3. The molecule has 9 nitrogen and oxygen atoms in total. The summed E-state index contributed by atoms with van der Waals surface area (Å²) < 4.78 is 1.74. The van der Waals surface area contributed by atoms with Crippen LogP contribution in [0.5, 0.6) is 0 Å². The minimum absolute atomic E-state index is 0.00150. The molecular formula is C19H20N8O. The molecule has 1 fully saturated rings. The third-order valence-electron chi connectivity index (χ3n) is 5.22. The minimum Gasteiger partial charge on any atom is -0.351 e. The molecule has 9 heteroatoms. The van der Waals surface area contributed by atoms with Gasteiger partial charge in [-0.25, -0.2) is 14.5 Å². The predicted octanol–water partition coefficient (Wildman–Crippen LogP) is 2.14. The third-order valence-corrected chi connectivity index (χ3v) is 5.22. The number of carbonyl (C=O) groups excluding carboxylic acids is 1. The Hall–Kier alpha value is -3.49. The van der Waals surface area contributed by atoms with Crippen molar-refractivity contribution in [3.63, 3.8) is 0 Å².